The molecule has 1 unspecified atom stereocenters. The SMILES string of the molecule is CC(CCO)N(Cc1ccccc1)c1cccc(F)c1C#N. The predicted octanol–water partition coefficient (Wildman–Crippen LogP) is 3.47. The summed E-state index contributed by atoms with van der Waals surface area (Å²) < 4.78 is 13.9. The van der Waals surface area contributed by atoms with Gasteiger partial charge in [-0.05, 0) is 31.0 Å². The first-order valence-corrected chi connectivity index (χ1v) is 7.27. The van der Waals surface area contributed by atoms with Crippen LogP contribution in [0.2, 0.25) is 0 Å². The maximum atomic E-state index is 13.9. The summed E-state index contributed by atoms with van der Waals surface area (Å²) in [5, 5.41) is 18.5. The molecule has 4 heteroatoms. The molecule has 0 amide bonds. The van der Waals surface area contributed by atoms with E-state index >= 15 is 0 Å². The van der Waals surface area contributed by atoms with E-state index in [1.807, 2.05) is 48.2 Å². The van der Waals surface area contributed by atoms with E-state index in [2.05, 4.69) is 0 Å². The molecule has 1 atom stereocenters. The van der Waals surface area contributed by atoms with Crippen LogP contribution in [0.4, 0.5) is 10.1 Å². The van der Waals surface area contributed by atoms with Gasteiger partial charge in [0.05, 0.1) is 5.69 Å². The van der Waals surface area contributed by atoms with Gasteiger partial charge < -0.3 is 10.0 Å². The van der Waals surface area contributed by atoms with Gasteiger partial charge in [-0.25, -0.2) is 4.39 Å². The number of aliphatic hydroxyl groups excluding tert-OH is 1. The molecule has 0 radical (unpaired) electrons. The lowest BCUT2D eigenvalue weighted by atomic mass is 10.1. The van der Waals surface area contributed by atoms with Gasteiger partial charge in [-0.1, -0.05) is 36.4 Å². The van der Waals surface area contributed by atoms with Crippen molar-refractivity contribution in [3.05, 3.63) is 65.5 Å². The molecule has 0 heterocycles. The first-order chi connectivity index (χ1) is 10.7. The Kier molecular flexibility index (Phi) is 5.51. The third kappa shape index (κ3) is 3.63. The van der Waals surface area contributed by atoms with E-state index in [1.54, 1.807) is 12.1 Å². The Morgan fingerprint density at radius 2 is 1.91 bits per heavy atom. The summed E-state index contributed by atoms with van der Waals surface area (Å²) in [7, 11) is 0. The molecule has 0 spiro atoms. The summed E-state index contributed by atoms with van der Waals surface area (Å²) in [6.45, 7) is 2.56. The van der Waals surface area contributed by atoms with Crippen LogP contribution < -0.4 is 4.90 Å². The third-order valence-electron chi connectivity index (χ3n) is 3.69. The van der Waals surface area contributed by atoms with E-state index in [4.69, 9.17) is 0 Å². The Morgan fingerprint density at radius 1 is 1.18 bits per heavy atom. The van der Waals surface area contributed by atoms with E-state index in [-0.39, 0.29) is 18.2 Å². The first kappa shape index (κ1) is 16.0. The molecule has 0 aliphatic heterocycles. The Hall–Kier alpha value is -2.38. The molecule has 1 N–H and O–H groups in total. The highest BCUT2D eigenvalue weighted by Crippen LogP contribution is 2.27. The van der Waals surface area contributed by atoms with Gasteiger partial charge in [0.25, 0.3) is 0 Å². The standard InChI is InChI=1S/C18H19FN2O/c1-14(10-11-22)21(13-15-6-3-2-4-7-15)18-9-5-8-17(19)16(18)12-20/h2-9,14,22H,10-11,13H2,1H3. The highest BCUT2D eigenvalue weighted by molar-refractivity contribution is 5.60. The number of anilines is 1. The largest absolute Gasteiger partial charge is 0.396 e. The van der Waals surface area contributed by atoms with E-state index in [1.165, 1.54) is 6.07 Å². The van der Waals surface area contributed by atoms with Gasteiger partial charge in [-0.3, -0.25) is 0 Å². The van der Waals surface area contributed by atoms with Crippen LogP contribution in [-0.2, 0) is 6.54 Å². The maximum absolute atomic E-state index is 13.9. The summed E-state index contributed by atoms with van der Waals surface area (Å²) in [4.78, 5) is 1.97. The van der Waals surface area contributed by atoms with Gasteiger partial charge in [0, 0.05) is 19.2 Å². The van der Waals surface area contributed by atoms with Crippen molar-refractivity contribution in [2.75, 3.05) is 11.5 Å². The van der Waals surface area contributed by atoms with E-state index in [0.29, 0.717) is 18.7 Å². The lowest BCUT2D eigenvalue weighted by Gasteiger charge is -2.32. The Balaban J connectivity index is 2.41. The average Bonchev–Trinajstić information content (AvgIpc) is 2.53. The predicted molar refractivity (Wildman–Crippen MR) is 84.9 cm³/mol. The minimum Gasteiger partial charge on any atom is -0.396 e. The van der Waals surface area contributed by atoms with Crippen LogP contribution in [0.25, 0.3) is 0 Å². The molecule has 2 aromatic rings. The van der Waals surface area contributed by atoms with Crippen LogP contribution in [0.15, 0.2) is 48.5 Å². The van der Waals surface area contributed by atoms with Crippen LogP contribution >= 0.6 is 0 Å². The highest BCUT2D eigenvalue weighted by Gasteiger charge is 2.19. The maximum Gasteiger partial charge on any atom is 0.143 e. The number of hydrogen-bond acceptors (Lipinski definition) is 3. The second kappa shape index (κ2) is 7.58. The summed E-state index contributed by atoms with van der Waals surface area (Å²) >= 11 is 0. The number of halogens is 1. The summed E-state index contributed by atoms with van der Waals surface area (Å²) in [5.41, 5.74) is 1.68. The van der Waals surface area contributed by atoms with E-state index in [0.717, 1.165) is 5.56 Å². The molecule has 0 aliphatic carbocycles. The minimum atomic E-state index is -0.519. The number of nitriles is 1. The molecular weight excluding hydrogens is 279 g/mol. The minimum absolute atomic E-state index is 0.0147. The molecular formula is C18H19FN2O. The van der Waals surface area contributed by atoms with Gasteiger partial charge >= 0.3 is 0 Å². The molecule has 0 fully saturated rings. The number of rotatable bonds is 6. The number of aliphatic hydroxyl groups is 1. The van der Waals surface area contributed by atoms with Crippen molar-refractivity contribution in [1.29, 1.82) is 5.26 Å². The van der Waals surface area contributed by atoms with E-state index in [9.17, 15) is 14.8 Å². The summed E-state index contributed by atoms with van der Waals surface area (Å²) in [6, 6.07) is 16.4. The van der Waals surface area contributed by atoms with Crippen molar-refractivity contribution in [2.24, 2.45) is 0 Å². The van der Waals surface area contributed by atoms with Gasteiger partial charge in [0.1, 0.15) is 17.4 Å². The van der Waals surface area contributed by atoms with Crippen molar-refractivity contribution in [1.82, 2.24) is 0 Å². The number of nitrogens with zero attached hydrogens (tertiary/aromatic N) is 2. The van der Waals surface area contributed by atoms with Gasteiger partial charge in [0.2, 0.25) is 0 Å². The fraction of sp³-hybridized carbons (Fsp3) is 0.278. The van der Waals surface area contributed by atoms with Crippen molar-refractivity contribution in [2.45, 2.75) is 25.9 Å². The van der Waals surface area contributed by atoms with Crippen molar-refractivity contribution >= 4 is 5.69 Å². The topological polar surface area (TPSA) is 47.3 Å². The quantitative estimate of drug-likeness (QED) is 0.888. The zero-order valence-electron chi connectivity index (χ0n) is 12.5. The van der Waals surface area contributed by atoms with Crippen molar-refractivity contribution in [3.8, 4) is 6.07 Å². The normalized spacial score (nSPS) is 11.7. The Bertz CT molecular complexity index is 652. The fourth-order valence-corrected chi connectivity index (χ4v) is 2.46. The van der Waals surface area contributed by atoms with Crippen LogP contribution in [-0.4, -0.2) is 17.8 Å². The summed E-state index contributed by atoms with van der Waals surface area (Å²) in [5.74, 6) is -0.519. The lowest BCUT2D eigenvalue weighted by molar-refractivity contribution is 0.275. The average molecular weight is 298 g/mol. The van der Waals surface area contributed by atoms with Gasteiger partial charge in [-0.15, -0.1) is 0 Å². The molecule has 2 aromatic carbocycles. The monoisotopic (exact) mass is 298 g/mol. The fourth-order valence-electron chi connectivity index (χ4n) is 2.46. The van der Waals surface area contributed by atoms with Crippen molar-refractivity contribution in [3.63, 3.8) is 0 Å². The second-order valence-electron chi connectivity index (χ2n) is 5.22. The Labute approximate surface area is 130 Å². The molecule has 0 bridgehead atoms. The number of hydrogen-bond donors (Lipinski definition) is 1. The van der Waals surface area contributed by atoms with Crippen LogP contribution in [0, 0.1) is 17.1 Å². The Morgan fingerprint density at radius 3 is 2.55 bits per heavy atom. The molecule has 0 aromatic heterocycles. The van der Waals surface area contributed by atoms with E-state index < -0.39 is 5.82 Å². The van der Waals surface area contributed by atoms with Crippen LogP contribution in [0.5, 0.6) is 0 Å². The smallest absolute Gasteiger partial charge is 0.143 e. The van der Waals surface area contributed by atoms with Gasteiger partial charge in [-0.2, -0.15) is 5.26 Å². The molecule has 0 saturated carbocycles. The molecule has 2 rings (SSSR count). The lowest BCUT2D eigenvalue weighted by Crippen LogP contribution is -2.34. The molecule has 0 saturated heterocycles. The zero-order chi connectivity index (χ0) is 15.9. The molecule has 3 nitrogen and oxygen atoms in total. The zero-order valence-corrected chi connectivity index (χ0v) is 12.5. The molecule has 22 heavy (non-hydrogen) atoms. The summed E-state index contributed by atoms with van der Waals surface area (Å²) in [6.07, 6.45) is 0.550. The molecule has 0 aliphatic rings. The van der Waals surface area contributed by atoms with Crippen LogP contribution in [0.1, 0.15) is 24.5 Å². The number of benzene rings is 2. The second-order valence-corrected chi connectivity index (χ2v) is 5.22. The molecule has 114 valence electrons. The van der Waals surface area contributed by atoms with Gasteiger partial charge in [0.15, 0.2) is 0 Å². The van der Waals surface area contributed by atoms with Crippen LogP contribution in [0.3, 0.4) is 0 Å². The third-order valence-corrected chi connectivity index (χ3v) is 3.69. The first-order valence-electron chi connectivity index (χ1n) is 7.27. The van der Waals surface area contributed by atoms with Crippen molar-refractivity contribution < 1.29 is 9.50 Å². The highest BCUT2D eigenvalue weighted by atomic mass is 19.1.